The predicted octanol–water partition coefficient (Wildman–Crippen LogP) is 0.983. The van der Waals surface area contributed by atoms with Gasteiger partial charge in [-0.3, -0.25) is 9.59 Å². The summed E-state index contributed by atoms with van der Waals surface area (Å²) in [5.74, 6) is -0.218. The number of amides is 2. The fourth-order valence-electron chi connectivity index (χ4n) is 0.990. The van der Waals surface area contributed by atoms with Crippen LogP contribution in [-0.2, 0) is 9.59 Å². The van der Waals surface area contributed by atoms with Crippen molar-refractivity contribution in [2.24, 2.45) is 0 Å². The van der Waals surface area contributed by atoms with Crippen molar-refractivity contribution >= 4 is 11.8 Å². The van der Waals surface area contributed by atoms with E-state index in [4.69, 9.17) is 0 Å². The van der Waals surface area contributed by atoms with Crippen LogP contribution in [0.5, 0.6) is 0 Å². The minimum Gasteiger partial charge on any atom is -0.352 e. The molecule has 0 fully saturated rings. The molecule has 0 aliphatic rings. The number of nitrogens with one attached hydrogen (secondary N) is 2. The van der Waals surface area contributed by atoms with Crippen LogP contribution < -0.4 is 10.6 Å². The molecule has 2 amide bonds. The van der Waals surface area contributed by atoms with E-state index in [1.54, 1.807) is 13.0 Å². The lowest BCUT2D eigenvalue weighted by Crippen LogP contribution is -2.41. The van der Waals surface area contributed by atoms with Crippen LogP contribution in [0.1, 0.15) is 34.1 Å². The zero-order valence-electron chi connectivity index (χ0n) is 9.89. The summed E-state index contributed by atoms with van der Waals surface area (Å²) in [6.45, 7) is 7.90. The Morgan fingerprint density at radius 3 is 2.33 bits per heavy atom. The molecule has 4 nitrogen and oxygen atoms in total. The van der Waals surface area contributed by atoms with Crippen molar-refractivity contribution in [1.29, 1.82) is 0 Å². The number of hydrogen-bond donors (Lipinski definition) is 2. The minimum atomic E-state index is -0.218. The second kappa shape index (κ2) is 6.22. The van der Waals surface area contributed by atoms with E-state index in [0.29, 0.717) is 13.0 Å². The highest BCUT2D eigenvalue weighted by Crippen LogP contribution is 1.98. The van der Waals surface area contributed by atoms with E-state index in [-0.39, 0.29) is 17.4 Å². The Bertz CT molecular complexity index is 252. The van der Waals surface area contributed by atoms with Gasteiger partial charge in [-0.2, -0.15) is 0 Å². The van der Waals surface area contributed by atoms with Crippen LogP contribution in [0.3, 0.4) is 0 Å². The molecule has 4 heteroatoms. The largest absolute Gasteiger partial charge is 0.352 e. The summed E-state index contributed by atoms with van der Waals surface area (Å²) in [6.07, 6.45) is 3.40. The molecule has 0 atom stereocenters. The van der Waals surface area contributed by atoms with Crippen molar-refractivity contribution in [3.05, 3.63) is 12.2 Å². The molecular formula is C11H20N2O2. The Kier molecular flexibility index (Phi) is 5.67. The Morgan fingerprint density at radius 1 is 1.27 bits per heavy atom. The third-order valence-corrected chi connectivity index (χ3v) is 1.48. The van der Waals surface area contributed by atoms with Crippen LogP contribution in [0.2, 0.25) is 0 Å². The van der Waals surface area contributed by atoms with E-state index < -0.39 is 0 Å². The van der Waals surface area contributed by atoms with Gasteiger partial charge in [-0.05, 0) is 33.8 Å². The van der Waals surface area contributed by atoms with Gasteiger partial charge in [0, 0.05) is 18.5 Å². The van der Waals surface area contributed by atoms with Crippen LogP contribution in [0, 0.1) is 0 Å². The standard InChI is InChI=1S/C11H20N2O2/c1-5-6-9(14)12-8-7-10(15)13-11(2,3)4/h5-6H,7-8H2,1-4H3,(H,12,14)(H,13,15)/b6-5+. The van der Waals surface area contributed by atoms with E-state index in [2.05, 4.69) is 10.6 Å². The smallest absolute Gasteiger partial charge is 0.243 e. The lowest BCUT2D eigenvalue weighted by atomic mass is 10.1. The molecule has 0 aromatic carbocycles. The van der Waals surface area contributed by atoms with E-state index in [9.17, 15) is 9.59 Å². The third kappa shape index (κ3) is 9.00. The second-order valence-electron chi connectivity index (χ2n) is 4.34. The Hall–Kier alpha value is -1.32. The molecule has 0 aromatic rings. The lowest BCUT2D eigenvalue weighted by molar-refractivity contribution is -0.122. The average Bonchev–Trinajstić information content (AvgIpc) is 2.00. The van der Waals surface area contributed by atoms with E-state index in [0.717, 1.165) is 0 Å². The van der Waals surface area contributed by atoms with Gasteiger partial charge in [0.25, 0.3) is 0 Å². The SMILES string of the molecule is C/C=C/C(=O)NCCC(=O)NC(C)(C)C. The first kappa shape index (κ1) is 13.7. The highest BCUT2D eigenvalue weighted by atomic mass is 16.2. The summed E-state index contributed by atoms with van der Waals surface area (Å²) in [6, 6.07) is 0. The fraction of sp³-hybridized carbons (Fsp3) is 0.636. The third-order valence-electron chi connectivity index (χ3n) is 1.48. The zero-order valence-corrected chi connectivity index (χ0v) is 9.89. The first-order valence-corrected chi connectivity index (χ1v) is 5.06. The molecule has 0 unspecified atom stereocenters. The summed E-state index contributed by atoms with van der Waals surface area (Å²) in [5.41, 5.74) is -0.218. The number of allylic oxidation sites excluding steroid dienone is 1. The molecule has 0 radical (unpaired) electrons. The van der Waals surface area contributed by atoms with Gasteiger partial charge >= 0.3 is 0 Å². The van der Waals surface area contributed by atoms with E-state index in [1.165, 1.54) is 6.08 Å². The van der Waals surface area contributed by atoms with Gasteiger partial charge in [-0.15, -0.1) is 0 Å². The molecule has 15 heavy (non-hydrogen) atoms. The van der Waals surface area contributed by atoms with Crippen LogP contribution in [0.4, 0.5) is 0 Å². The molecule has 0 saturated carbocycles. The van der Waals surface area contributed by atoms with Gasteiger partial charge < -0.3 is 10.6 Å². The molecule has 0 rings (SSSR count). The Labute approximate surface area is 91.1 Å². The van der Waals surface area contributed by atoms with Crippen LogP contribution in [0.15, 0.2) is 12.2 Å². The number of carbonyl (C=O) groups is 2. The maximum atomic E-state index is 11.3. The summed E-state index contributed by atoms with van der Waals surface area (Å²) < 4.78 is 0. The molecule has 2 N–H and O–H groups in total. The lowest BCUT2D eigenvalue weighted by Gasteiger charge is -2.20. The minimum absolute atomic E-state index is 0.0525. The molecule has 0 aliphatic carbocycles. The van der Waals surface area contributed by atoms with E-state index in [1.807, 2.05) is 20.8 Å². The molecule has 0 aliphatic heterocycles. The molecule has 0 bridgehead atoms. The van der Waals surface area contributed by atoms with Crippen LogP contribution in [-0.4, -0.2) is 23.9 Å². The summed E-state index contributed by atoms with van der Waals surface area (Å²) in [7, 11) is 0. The maximum absolute atomic E-state index is 11.3. The first-order valence-electron chi connectivity index (χ1n) is 5.06. The normalized spacial score (nSPS) is 11.5. The van der Waals surface area contributed by atoms with Gasteiger partial charge in [0.2, 0.25) is 11.8 Å². The van der Waals surface area contributed by atoms with Crippen molar-refractivity contribution in [2.75, 3.05) is 6.54 Å². The molecule has 86 valence electrons. The number of rotatable bonds is 4. The topological polar surface area (TPSA) is 58.2 Å². The van der Waals surface area contributed by atoms with Crippen molar-refractivity contribution in [3.63, 3.8) is 0 Å². The Morgan fingerprint density at radius 2 is 1.87 bits per heavy atom. The molecular weight excluding hydrogens is 192 g/mol. The first-order chi connectivity index (χ1) is 6.85. The number of carbonyl (C=O) groups excluding carboxylic acids is 2. The summed E-state index contributed by atoms with van der Waals surface area (Å²) >= 11 is 0. The molecule has 0 heterocycles. The maximum Gasteiger partial charge on any atom is 0.243 e. The van der Waals surface area contributed by atoms with Gasteiger partial charge in [-0.25, -0.2) is 0 Å². The van der Waals surface area contributed by atoms with Crippen molar-refractivity contribution in [3.8, 4) is 0 Å². The summed E-state index contributed by atoms with van der Waals surface area (Å²) in [5, 5.41) is 5.43. The average molecular weight is 212 g/mol. The van der Waals surface area contributed by atoms with Gasteiger partial charge in [0.1, 0.15) is 0 Å². The van der Waals surface area contributed by atoms with Crippen LogP contribution in [0.25, 0.3) is 0 Å². The zero-order chi connectivity index (χ0) is 11.9. The van der Waals surface area contributed by atoms with Gasteiger partial charge in [0.15, 0.2) is 0 Å². The van der Waals surface area contributed by atoms with Gasteiger partial charge in [-0.1, -0.05) is 6.08 Å². The van der Waals surface area contributed by atoms with Crippen molar-refractivity contribution < 1.29 is 9.59 Å². The van der Waals surface area contributed by atoms with E-state index >= 15 is 0 Å². The monoisotopic (exact) mass is 212 g/mol. The number of hydrogen-bond acceptors (Lipinski definition) is 2. The summed E-state index contributed by atoms with van der Waals surface area (Å²) in [4.78, 5) is 22.3. The van der Waals surface area contributed by atoms with Crippen LogP contribution >= 0.6 is 0 Å². The molecule has 0 saturated heterocycles. The fourth-order valence-corrected chi connectivity index (χ4v) is 0.990. The Balaban J connectivity index is 3.69. The predicted molar refractivity (Wildman–Crippen MR) is 60.3 cm³/mol. The highest BCUT2D eigenvalue weighted by molar-refractivity contribution is 5.87. The highest BCUT2D eigenvalue weighted by Gasteiger charge is 2.12. The van der Waals surface area contributed by atoms with Crippen molar-refractivity contribution in [2.45, 2.75) is 39.7 Å². The quantitative estimate of drug-likeness (QED) is 0.683. The van der Waals surface area contributed by atoms with Crippen molar-refractivity contribution in [1.82, 2.24) is 10.6 Å². The molecule has 0 aromatic heterocycles. The second-order valence-corrected chi connectivity index (χ2v) is 4.34. The van der Waals surface area contributed by atoms with Gasteiger partial charge in [0.05, 0.1) is 0 Å². The molecule has 0 spiro atoms.